The monoisotopic (exact) mass is 336 g/mol. The van der Waals surface area contributed by atoms with Crippen molar-refractivity contribution in [3.63, 3.8) is 0 Å². The molecule has 7 nitrogen and oxygen atoms in total. The van der Waals surface area contributed by atoms with Crippen LogP contribution < -0.4 is 10.2 Å². The second kappa shape index (κ2) is 7.73. The predicted octanol–water partition coefficient (Wildman–Crippen LogP) is 1.74. The van der Waals surface area contributed by atoms with Crippen LogP contribution in [0.4, 0.5) is 11.5 Å². The van der Waals surface area contributed by atoms with E-state index in [0.29, 0.717) is 16.9 Å². The molecule has 1 fully saturated rings. The number of carbonyl (C=O) groups excluding carboxylic acids is 1. The lowest BCUT2D eigenvalue weighted by Gasteiger charge is -2.34. The van der Waals surface area contributed by atoms with Crippen molar-refractivity contribution in [3.05, 3.63) is 47.9 Å². The van der Waals surface area contributed by atoms with Crippen LogP contribution in [0, 0.1) is 11.3 Å². The van der Waals surface area contributed by atoms with E-state index < -0.39 is 0 Å². The van der Waals surface area contributed by atoms with Crippen LogP contribution in [0.15, 0.2) is 36.7 Å². The van der Waals surface area contributed by atoms with Gasteiger partial charge < -0.3 is 15.1 Å². The molecule has 1 aromatic heterocycles. The Morgan fingerprint density at radius 3 is 2.56 bits per heavy atom. The van der Waals surface area contributed by atoms with Crippen LogP contribution in [0.25, 0.3) is 0 Å². The molecule has 0 bridgehead atoms. The van der Waals surface area contributed by atoms with Gasteiger partial charge in [0.25, 0.3) is 5.91 Å². The third-order valence-corrected chi connectivity index (χ3v) is 4.30. The Bertz CT molecular complexity index is 775. The first-order chi connectivity index (χ1) is 12.2. The molecule has 1 aliphatic rings. The number of piperazine rings is 1. The summed E-state index contributed by atoms with van der Waals surface area (Å²) in [4.78, 5) is 25.4. The maximum Gasteiger partial charge on any atom is 0.274 e. The first-order valence-corrected chi connectivity index (χ1v) is 8.30. The number of rotatable bonds is 4. The molecule has 0 saturated carbocycles. The van der Waals surface area contributed by atoms with Crippen molar-refractivity contribution in [1.82, 2.24) is 14.9 Å². The Balaban J connectivity index is 1.68. The number of benzene rings is 1. The average molecular weight is 336 g/mol. The van der Waals surface area contributed by atoms with Gasteiger partial charge in [0.15, 0.2) is 0 Å². The molecule has 2 heterocycles. The van der Waals surface area contributed by atoms with Gasteiger partial charge in [-0.1, -0.05) is 6.92 Å². The Morgan fingerprint density at radius 1 is 1.20 bits per heavy atom. The van der Waals surface area contributed by atoms with E-state index in [1.807, 2.05) is 6.07 Å². The van der Waals surface area contributed by atoms with Gasteiger partial charge in [0, 0.05) is 37.9 Å². The molecule has 2 aromatic rings. The van der Waals surface area contributed by atoms with Crippen molar-refractivity contribution < 1.29 is 4.79 Å². The lowest BCUT2D eigenvalue weighted by atomic mass is 10.2. The smallest absolute Gasteiger partial charge is 0.274 e. The summed E-state index contributed by atoms with van der Waals surface area (Å²) >= 11 is 0. The van der Waals surface area contributed by atoms with Crippen molar-refractivity contribution in [2.45, 2.75) is 6.92 Å². The molecule has 0 spiro atoms. The SMILES string of the molecule is CCN1CCN(c2cc(C(=O)Nc3ccc(C#N)cc3)ncn2)CC1. The third-order valence-electron chi connectivity index (χ3n) is 4.30. The van der Waals surface area contributed by atoms with Crippen LogP contribution in [0.1, 0.15) is 23.0 Å². The zero-order valence-electron chi connectivity index (χ0n) is 14.1. The minimum atomic E-state index is -0.291. The Morgan fingerprint density at radius 2 is 1.92 bits per heavy atom. The summed E-state index contributed by atoms with van der Waals surface area (Å²) in [6, 6.07) is 10.5. The normalized spacial score (nSPS) is 14.8. The number of nitrogens with zero attached hydrogens (tertiary/aromatic N) is 5. The second-order valence-electron chi connectivity index (χ2n) is 5.83. The number of likely N-dealkylation sites (N-methyl/N-ethyl adjacent to an activating group) is 1. The fourth-order valence-electron chi connectivity index (χ4n) is 2.76. The third kappa shape index (κ3) is 4.11. The summed E-state index contributed by atoms with van der Waals surface area (Å²) < 4.78 is 0. The maximum atomic E-state index is 12.4. The molecule has 1 amide bonds. The highest BCUT2D eigenvalue weighted by Gasteiger charge is 2.18. The van der Waals surface area contributed by atoms with E-state index in [4.69, 9.17) is 5.26 Å². The van der Waals surface area contributed by atoms with Gasteiger partial charge in [-0.25, -0.2) is 9.97 Å². The fraction of sp³-hybridized carbons (Fsp3) is 0.333. The number of carbonyl (C=O) groups is 1. The molecule has 128 valence electrons. The predicted molar refractivity (Wildman–Crippen MR) is 95.5 cm³/mol. The lowest BCUT2D eigenvalue weighted by Crippen LogP contribution is -2.46. The van der Waals surface area contributed by atoms with Gasteiger partial charge in [0.1, 0.15) is 17.8 Å². The highest BCUT2D eigenvalue weighted by molar-refractivity contribution is 6.03. The van der Waals surface area contributed by atoms with E-state index >= 15 is 0 Å². The van der Waals surface area contributed by atoms with Gasteiger partial charge >= 0.3 is 0 Å². The molecule has 1 N–H and O–H groups in total. The number of hydrogen-bond donors (Lipinski definition) is 1. The molecule has 3 rings (SSSR count). The highest BCUT2D eigenvalue weighted by atomic mass is 16.1. The van der Waals surface area contributed by atoms with Gasteiger partial charge in [0.05, 0.1) is 11.6 Å². The number of nitriles is 1. The number of anilines is 2. The van der Waals surface area contributed by atoms with Crippen molar-refractivity contribution in [2.24, 2.45) is 0 Å². The molecule has 0 atom stereocenters. The van der Waals surface area contributed by atoms with Crippen LogP contribution in [-0.4, -0.2) is 53.5 Å². The topological polar surface area (TPSA) is 85.1 Å². The highest BCUT2D eigenvalue weighted by Crippen LogP contribution is 2.15. The molecule has 25 heavy (non-hydrogen) atoms. The molecule has 0 unspecified atom stereocenters. The van der Waals surface area contributed by atoms with Gasteiger partial charge in [-0.05, 0) is 30.8 Å². The fourth-order valence-corrected chi connectivity index (χ4v) is 2.76. The van der Waals surface area contributed by atoms with Crippen molar-refractivity contribution in [2.75, 3.05) is 42.9 Å². The molecule has 0 radical (unpaired) electrons. The van der Waals surface area contributed by atoms with Crippen LogP contribution in [0.5, 0.6) is 0 Å². The molecular weight excluding hydrogens is 316 g/mol. The molecular formula is C18H20N6O. The van der Waals surface area contributed by atoms with Crippen molar-refractivity contribution in [3.8, 4) is 6.07 Å². The van der Waals surface area contributed by atoms with Crippen LogP contribution in [0.3, 0.4) is 0 Å². The number of aromatic nitrogens is 2. The molecule has 1 aliphatic heterocycles. The number of hydrogen-bond acceptors (Lipinski definition) is 6. The first-order valence-electron chi connectivity index (χ1n) is 8.30. The van der Waals surface area contributed by atoms with Gasteiger partial charge in [0.2, 0.25) is 0 Å². The van der Waals surface area contributed by atoms with E-state index in [0.717, 1.165) is 38.5 Å². The quantitative estimate of drug-likeness (QED) is 0.915. The number of nitrogens with one attached hydrogen (secondary N) is 1. The Labute approximate surface area is 146 Å². The van der Waals surface area contributed by atoms with E-state index in [-0.39, 0.29) is 5.91 Å². The second-order valence-corrected chi connectivity index (χ2v) is 5.83. The van der Waals surface area contributed by atoms with E-state index in [9.17, 15) is 4.79 Å². The summed E-state index contributed by atoms with van der Waals surface area (Å²) in [7, 11) is 0. The minimum Gasteiger partial charge on any atom is -0.354 e. The van der Waals surface area contributed by atoms with Crippen LogP contribution in [0.2, 0.25) is 0 Å². The lowest BCUT2D eigenvalue weighted by molar-refractivity contribution is 0.102. The van der Waals surface area contributed by atoms with Crippen molar-refractivity contribution in [1.29, 1.82) is 5.26 Å². The van der Waals surface area contributed by atoms with Gasteiger partial charge in [-0.3, -0.25) is 4.79 Å². The van der Waals surface area contributed by atoms with E-state index in [1.54, 1.807) is 30.3 Å². The Hall–Kier alpha value is -2.98. The summed E-state index contributed by atoms with van der Waals surface area (Å²) in [5.41, 5.74) is 1.50. The van der Waals surface area contributed by atoms with E-state index in [2.05, 4.69) is 32.0 Å². The maximum absolute atomic E-state index is 12.4. The van der Waals surface area contributed by atoms with E-state index in [1.165, 1.54) is 6.33 Å². The Kier molecular flexibility index (Phi) is 5.21. The summed E-state index contributed by atoms with van der Waals surface area (Å²) in [5.74, 6) is 0.483. The minimum absolute atomic E-state index is 0.291. The van der Waals surface area contributed by atoms with Gasteiger partial charge in [-0.2, -0.15) is 5.26 Å². The number of amides is 1. The largest absolute Gasteiger partial charge is 0.354 e. The molecule has 7 heteroatoms. The average Bonchev–Trinajstić information content (AvgIpc) is 2.68. The molecule has 0 aliphatic carbocycles. The molecule has 1 saturated heterocycles. The zero-order chi connectivity index (χ0) is 17.6. The van der Waals surface area contributed by atoms with Gasteiger partial charge in [-0.15, -0.1) is 0 Å². The summed E-state index contributed by atoms with van der Waals surface area (Å²) in [6.45, 7) is 6.98. The zero-order valence-corrected chi connectivity index (χ0v) is 14.1. The van der Waals surface area contributed by atoms with Crippen molar-refractivity contribution >= 4 is 17.4 Å². The molecule has 1 aromatic carbocycles. The van der Waals surface area contributed by atoms with Crippen LogP contribution >= 0.6 is 0 Å². The summed E-state index contributed by atoms with van der Waals surface area (Å²) in [6.07, 6.45) is 1.43. The summed E-state index contributed by atoms with van der Waals surface area (Å²) in [5, 5.41) is 11.6. The standard InChI is InChI=1S/C18H20N6O/c1-2-23-7-9-24(10-8-23)17-11-16(20-13-21-17)18(25)22-15-5-3-14(12-19)4-6-15/h3-6,11,13H,2,7-10H2,1H3,(H,22,25). The first kappa shape index (κ1) is 16.9. The van der Waals surface area contributed by atoms with Crippen LogP contribution in [-0.2, 0) is 0 Å².